The van der Waals surface area contributed by atoms with Crippen LogP contribution < -0.4 is 11.3 Å². The summed E-state index contributed by atoms with van der Waals surface area (Å²) in [4.78, 5) is 29.8. The largest absolute Gasteiger partial charge is 0.465 e. The second-order valence-electron chi connectivity index (χ2n) is 4.17. The molecule has 0 aliphatic heterocycles. The maximum absolute atomic E-state index is 11.9. The van der Waals surface area contributed by atoms with Crippen LogP contribution in [0.2, 0.25) is 0 Å². The quantitative estimate of drug-likeness (QED) is 0.497. The van der Waals surface area contributed by atoms with Crippen LogP contribution in [-0.2, 0) is 11.3 Å². The number of aromatic amines is 1. The van der Waals surface area contributed by atoms with E-state index in [0.717, 1.165) is 0 Å². The van der Waals surface area contributed by atoms with Gasteiger partial charge in [-0.05, 0) is 0 Å². The molecule has 2 aromatic rings. The molecular weight excluding hydrogens is 268 g/mol. The highest BCUT2D eigenvalue weighted by molar-refractivity contribution is 6.03. The van der Waals surface area contributed by atoms with E-state index >= 15 is 0 Å². The van der Waals surface area contributed by atoms with Gasteiger partial charge in [0, 0.05) is 6.20 Å². The number of nitrogens with two attached hydrogens (primary N) is 1. The van der Waals surface area contributed by atoms with E-state index < -0.39 is 24.2 Å². The predicted octanol–water partition coefficient (Wildman–Crippen LogP) is -1.55. The molecule has 9 heteroatoms. The van der Waals surface area contributed by atoms with Crippen molar-refractivity contribution in [3.63, 3.8) is 0 Å². The van der Waals surface area contributed by atoms with Crippen molar-refractivity contribution in [2.45, 2.75) is 12.6 Å². The molecule has 20 heavy (non-hydrogen) atoms. The number of rotatable bonds is 4. The molecule has 0 fully saturated rings. The van der Waals surface area contributed by atoms with Gasteiger partial charge in [0.15, 0.2) is 0 Å². The van der Waals surface area contributed by atoms with Gasteiger partial charge in [-0.2, -0.15) is 4.98 Å². The standard InChI is InChI=1S/C11H14N4O5/c1-20-10(19)6-3-15(2-5(17)4-16)8-7(6)9(18)14-11(12)13-8/h3,5,16-17H,2,4H2,1H3,(H3,12,13,14,18). The van der Waals surface area contributed by atoms with Crippen LogP contribution in [0.4, 0.5) is 5.95 Å². The van der Waals surface area contributed by atoms with E-state index in [-0.39, 0.29) is 29.1 Å². The van der Waals surface area contributed by atoms with Crippen LogP contribution >= 0.6 is 0 Å². The summed E-state index contributed by atoms with van der Waals surface area (Å²) >= 11 is 0. The highest BCUT2D eigenvalue weighted by Gasteiger charge is 2.21. The van der Waals surface area contributed by atoms with Gasteiger partial charge in [0.2, 0.25) is 5.95 Å². The smallest absolute Gasteiger partial charge is 0.340 e. The number of nitrogens with zero attached hydrogens (tertiary/aromatic N) is 2. The lowest BCUT2D eigenvalue weighted by Gasteiger charge is -2.08. The molecule has 0 aromatic carbocycles. The normalized spacial score (nSPS) is 12.6. The summed E-state index contributed by atoms with van der Waals surface area (Å²) in [5.41, 5.74) is 5.04. The minimum Gasteiger partial charge on any atom is -0.465 e. The van der Waals surface area contributed by atoms with Crippen LogP contribution in [0.1, 0.15) is 10.4 Å². The van der Waals surface area contributed by atoms with Crippen molar-refractivity contribution in [1.29, 1.82) is 0 Å². The van der Waals surface area contributed by atoms with Crippen molar-refractivity contribution < 1.29 is 19.7 Å². The lowest BCUT2D eigenvalue weighted by Crippen LogP contribution is -2.20. The van der Waals surface area contributed by atoms with E-state index in [1.54, 1.807) is 0 Å². The number of hydrogen-bond acceptors (Lipinski definition) is 7. The van der Waals surface area contributed by atoms with Gasteiger partial charge in [0.1, 0.15) is 5.65 Å². The number of aliphatic hydroxyl groups is 2. The van der Waals surface area contributed by atoms with E-state index in [1.807, 2.05) is 0 Å². The molecular formula is C11H14N4O5. The lowest BCUT2D eigenvalue weighted by atomic mass is 10.2. The Bertz CT molecular complexity index is 705. The van der Waals surface area contributed by atoms with Crippen LogP contribution in [0.3, 0.4) is 0 Å². The summed E-state index contributed by atoms with van der Waals surface area (Å²) in [6.07, 6.45) is 0.273. The number of aromatic nitrogens is 3. The molecule has 0 radical (unpaired) electrons. The first-order valence-corrected chi connectivity index (χ1v) is 5.73. The van der Waals surface area contributed by atoms with Crippen molar-refractivity contribution in [3.8, 4) is 0 Å². The molecule has 108 valence electrons. The van der Waals surface area contributed by atoms with Gasteiger partial charge in [0.25, 0.3) is 5.56 Å². The molecule has 0 amide bonds. The third kappa shape index (κ3) is 2.36. The topological polar surface area (TPSA) is 143 Å². The van der Waals surface area contributed by atoms with Gasteiger partial charge in [-0.25, -0.2) is 4.79 Å². The Balaban J connectivity index is 2.70. The average molecular weight is 282 g/mol. The zero-order valence-corrected chi connectivity index (χ0v) is 10.7. The summed E-state index contributed by atoms with van der Waals surface area (Å²) < 4.78 is 5.97. The number of nitrogens with one attached hydrogen (secondary N) is 1. The number of nitrogen functional groups attached to an aromatic ring is 1. The van der Waals surface area contributed by atoms with Gasteiger partial charge in [0.05, 0.1) is 37.3 Å². The number of aliphatic hydroxyl groups excluding tert-OH is 2. The molecule has 0 aliphatic carbocycles. The molecule has 5 N–H and O–H groups in total. The monoisotopic (exact) mass is 282 g/mol. The molecule has 0 saturated heterocycles. The minimum absolute atomic E-state index is 0.0152. The van der Waals surface area contributed by atoms with E-state index in [0.29, 0.717) is 0 Å². The zero-order valence-electron chi connectivity index (χ0n) is 10.7. The highest BCUT2D eigenvalue weighted by atomic mass is 16.5. The first-order chi connectivity index (χ1) is 9.47. The van der Waals surface area contributed by atoms with Gasteiger partial charge in [-0.3, -0.25) is 9.78 Å². The van der Waals surface area contributed by atoms with E-state index in [1.165, 1.54) is 17.9 Å². The molecule has 0 aliphatic rings. The number of carbonyl (C=O) groups is 1. The molecule has 2 aromatic heterocycles. The van der Waals surface area contributed by atoms with Crippen LogP contribution in [0, 0.1) is 0 Å². The fourth-order valence-corrected chi connectivity index (χ4v) is 1.90. The van der Waals surface area contributed by atoms with Crippen LogP contribution in [0.25, 0.3) is 11.0 Å². The van der Waals surface area contributed by atoms with Crippen molar-refractivity contribution in [2.75, 3.05) is 19.5 Å². The highest BCUT2D eigenvalue weighted by Crippen LogP contribution is 2.18. The molecule has 2 rings (SSSR count). The lowest BCUT2D eigenvalue weighted by molar-refractivity contribution is 0.0601. The fourth-order valence-electron chi connectivity index (χ4n) is 1.90. The van der Waals surface area contributed by atoms with Gasteiger partial charge >= 0.3 is 5.97 Å². The SMILES string of the molecule is COC(=O)c1cn(CC(O)CO)c2nc(N)[nH]c(=O)c12. The number of fused-ring (bicyclic) bond motifs is 1. The Labute approximate surface area is 112 Å². The Hall–Kier alpha value is -2.39. The number of ether oxygens (including phenoxy) is 1. The van der Waals surface area contributed by atoms with Crippen molar-refractivity contribution >= 4 is 23.0 Å². The number of methoxy groups -OCH3 is 1. The minimum atomic E-state index is -1.06. The number of anilines is 1. The van der Waals surface area contributed by atoms with Crippen molar-refractivity contribution in [1.82, 2.24) is 14.5 Å². The van der Waals surface area contributed by atoms with Gasteiger partial charge in [-0.1, -0.05) is 0 Å². The number of hydrogen-bond donors (Lipinski definition) is 4. The maximum Gasteiger partial charge on any atom is 0.340 e. The number of carbonyl (C=O) groups excluding carboxylic acids is 1. The molecule has 2 heterocycles. The van der Waals surface area contributed by atoms with Gasteiger partial charge in [-0.15, -0.1) is 0 Å². The Morgan fingerprint density at radius 1 is 1.65 bits per heavy atom. The molecule has 1 unspecified atom stereocenters. The van der Waals surface area contributed by atoms with Crippen molar-refractivity contribution in [2.24, 2.45) is 0 Å². The van der Waals surface area contributed by atoms with Crippen LogP contribution in [-0.4, -0.2) is 50.5 Å². The second kappa shape index (κ2) is 5.31. The second-order valence-corrected chi connectivity index (χ2v) is 4.17. The summed E-state index contributed by atoms with van der Waals surface area (Å²) in [6, 6.07) is 0. The summed E-state index contributed by atoms with van der Waals surface area (Å²) in [6.45, 7) is -0.508. The third-order valence-electron chi connectivity index (χ3n) is 2.77. The summed E-state index contributed by atoms with van der Waals surface area (Å²) in [5, 5.41) is 18.4. The number of esters is 1. The van der Waals surface area contributed by atoms with E-state index in [2.05, 4.69) is 14.7 Å². The Morgan fingerprint density at radius 3 is 2.95 bits per heavy atom. The van der Waals surface area contributed by atoms with E-state index in [4.69, 9.17) is 10.8 Å². The maximum atomic E-state index is 11.9. The molecule has 0 spiro atoms. The fraction of sp³-hybridized carbons (Fsp3) is 0.364. The molecule has 1 atom stereocenters. The third-order valence-corrected chi connectivity index (χ3v) is 2.77. The number of H-pyrrole nitrogens is 1. The van der Waals surface area contributed by atoms with Crippen LogP contribution in [0.15, 0.2) is 11.0 Å². The molecule has 9 nitrogen and oxygen atoms in total. The predicted molar refractivity (Wildman–Crippen MR) is 69.2 cm³/mol. The zero-order chi connectivity index (χ0) is 14.9. The summed E-state index contributed by atoms with van der Waals surface area (Å²) in [5.74, 6) is -0.818. The van der Waals surface area contributed by atoms with Gasteiger partial charge < -0.3 is 25.3 Å². The first kappa shape index (κ1) is 14.0. The molecule has 0 bridgehead atoms. The Kier molecular flexibility index (Phi) is 3.72. The first-order valence-electron chi connectivity index (χ1n) is 5.73. The Morgan fingerprint density at radius 2 is 2.35 bits per heavy atom. The summed E-state index contributed by atoms with van der Waals surface area (Å²) in [7, 11) is 1.19. The van der Waals surface area contributed by atoms with Crippen molar-refractivity contribution in [3.05, 3.63) is 22.1 Å². The molecule has 0 saturated carbocycles. The van der Waals surface area contributed by atoms with E-state index in [9.17, 15) is 14.7 Å². The average Bonchev–Trinajstić information content (AvgIpc) is 2.76. The van der Waals surface area contributed by atoms with Crippen LogP contribution in [0.5, 0.6) is 0 Å².